The molecule has 0 aliphatic heterocycles. The van der Waals surface area contributed by atoms with Crippen LogP contribution in [0.3, 0.4) is 0 Å². The van der Waals surface area contributed by atoms with Gasteiger partial charge in [0.05, 0.1) is 22.4 Å². The van der Waals surface area contributed by atoms with Gasteiger partial charge in [-0.1, -0.05) is 11.2 Å². The number of aryl methyl sites for hydroxylation is 1. The van der Waals surface area contributed by atoms with Gasteiger partial charge in [-0.05, 0) is 24.6 Å². The Hall–Kier alpha value is -2.15. The maximum absolute atomic E-state index is 12.1. The third-order valence-corrected chi connectivity index (χ3v) is 4.32. The van der Waals surface area contributed by atoms with E-state index in [1.807, 2.05) is 0 Å². The van der Waals surface area contributed by atoms with Crippen molar-refractivity contribution < 1.29 is 22.8 Å². The number of carboxylic acid groups (broad SMARTS) is 1. The number of nitrogens with zero attached hydrogens (tertiary/aromatic N) is 1. The van der Waals surface area contributed by atoms with Crippen molar-refractivity contribution in [1.82, 2.24) is 5.16 Å². The maximum Gasteiger partial charge on any atom is 0.335 e. The van der Waals surface area contributed by atoms with Crippen molar-refractivity contribution in [3.05, 3.63) is 47.3 Å². The second kappa shape index (κ2) is 4.85. The van der Waals surface area contributed by atoms with Crippen molar-refractivity contribution in [3.8, 4) is 0 Å². The van der Waals surface area contributed by atoms with Gasteiger partial charge in [-0.25, -0.2) is 13.2 Å². The first-order chi connectivity index (χ1) is 8.90. The minimum atomic E-state index is -3.62. The Morgan fingerprint density at radius 3 is 2.74 bits per heavy atom. The first-order valence-corrected chi connectivity index (χ1v) is 7.00. The van der Waals surface area contributed by atoms with E-state index in [-0.39, 0.29) is 16.2 Å². The number of aromatic nitrogens is 1. The predicted octanol–water partition coefficient (Wildman–Crippen LogP) is 1.66. The molecule has 0 saturated carbocycles. The SMILES string of the molecule is Cc1ccc(S(=O)(=O)Cc2cnoc2)cc1C(=O)O. The third-order valence-electron chi connectivity index (χ3n) is 2.64. The van der Waals surface area contributed by atoms with Crippen LogP contribution in [0.5, 0.6) is 0 Å². The Labute approximate surface area is 109 Å². The van der Waals surface area contributed by atoms with Gasteiger partial charge in [0.1, 0.15) is 6.26 Å². The van der Waals surface area contributed by atoms with Crippen LogP contribution in [0.15, 0.2) is 40.1 Å². The summed E-state index contributed by atoms with van der Waals surface area (Å²) in [7, 11) is -3.62. The zero-order chi connectivity index (χ0) is 14.0. The van der Waals surface area contributed by atoms with E-state index in [4.69, 9.17) is 5.11 Å². The van der Waals surface area contributed by atoms with Crippen molar-refractivity contribution in [3.63, 3.8) is 0 Å². The van der Waals surface area contributed by atoms with Crippen LogP contribution < -0.4 is 0 Å². The Morgan fingerprint density at radius 2 is 2.16 bits per heavy atom. The first kappa shape index (κ1) is 13.3. The first-order valence-electron chi connectivity index (χ1n) is 5.35. The lowest BCUT2D eigenvalue weighted by atomic mass is 10.1. The molecule has 19 heavy (non-hydrogen) atoms. The average Bonchev–Trinajstić information content (AvgIpc) is 2.80. The highest BCUT2D eigenvalue weighted by molar-refractivity contribution is 7.90. The highest BCUT2D eigenvalue weighted by atomic mass is 32.2. The quantitative estimate of drug-likeness (QED) is 0.915. The summed E-state index contributed by atoms with van der Waals surface area (Å²) in [5.74, 6) is -1.43. The smallest absolute Gasteiger partial charge is 0.335 e. The lowest BCUT2D eigenvalue weighted by Gasteiger charge is -2.06. The summed E-state index contributed by atoms with van der Waals surface area (Å²) >= 11 is 0. The van der Waals surface area contributed by atoms with E-state index in [0.29, 0.717) is 11.1 Å². The van der Waals surface area contributed by atoms with E-state index in [9.17, 15) is 13.2 Å². The molecule has 0 atom stereocenters. The molecule has 1 heterocycles. The third kappa shape index (κ3) is 2.82. The average molecular weight is 281 g/mol. The summed E-state index contributed by atoms with van der Waals surface area (Å²) in [4.78, 5) is 11.0. The molecule has 2 rings (SSSR count). The Kier molecular flexibility index (Phi) is 3.39. The topological polar surface area (TPSA) is 97.5 Å². The van der Waals surface area contributed by atoms with Crippen LogP contribution in [-0.2, 0) is 15.6 Å². The van der Waals surface area contributed by atoms with Crippen LogP contribution in [0, 0.1) is 6.92 Å². The molecule has 1 aromatic carbocycles. The van der Waals surface area contributed by atoms with E-state index in [1.165, 1.54) is 30.7 Å². The van der Waals surface area contributed by atoms with Gasteiger partial charge in [0.15, 0.2) is 9.84 Å². The van der Waals surface area contributed by atoms with Gasteiger partial charge in [-0.2, -0.15) is 0 Å². The number of benzene rings is 1. The molecule has 0 fully saturated rings. The summed E-state index contributed by atoms with van der Waals surface area (Å²) in [5.41, 5.74) is 0.903. The second-order valence-electron chi connectivity index (χ2n) is 4.07. The molecule has 0 aliphatic carbocycles. The molecule has 0 aliphatic rings. The Bertz CT molecular complexity index is 704. The van der Waals surface area contributed by atoms with Crippen LogP contribution in [-0.4, -0.2) is 24.7 Å². The molecule has 2 aromatic rings. The van der Waals surface area contributed by atoms with Crippen LogP contribution in [0.1, 0.15) is 21.5 Å². The molecule has 7 heteroatoms. The van der Waals surface area contributed by atoms with Crippen LogP contribution >= 0.6 is 0 Å². The van der Waals surface area contributed by atoms with E-state index in [2.05, 4.69) is 9.68 Å². The summed E-state index contributed by atoms with van der Waals surface area (Å²) in [6.07, 6.45) is 2.55. The summed E-state index contributed by atoms with van der Waals surface area (Å²) in [5, 5.41) is 12.4. The second-order valence-corrected chi connectivity index (χ2v) is 6.06. The molecule has 0 saturated heterocycles. The van der Waals surface area contributed by atoms with Gasteiger partial charge < -0.3 is 9.63 Å². The predicted molar refractivity (Wildman–Crippen MR) is 65.5 cm³/mol. The van der Waals surface area contributed by atoms with Gasteiger partial charge in [-0.3, -0.25) is 0 Å². The Morgan fingerprint density at radius 1 is 1.42 bits per heavy atom. The van der Waals surface area contributed by atoms with Crippen LogP contribution in [0.2, 0.25) is 0 Å². The summed E-state index contributed by atoms with van der Waals surface area (Å²) in [6.45, 7) is 1.61. The maximum atomic E-state index is 12.1. The van der Waals surface area contributed by atoms with Gasteiger partial charge >= 0.3 is 5.97 Å². The number of hydrogen-bond acceptors (Lipinski definition) is 5. The number of carbonyl (C=O) groups is 1. The molecule has 0 amide bonds. The monoisotopic (exact) mass is 281 g/mol. The van der Waals surface area contributed by atoms with Crippen molar-refractivity contribution in [2.75, 3.05) is 0 Å². The number of hydrogen-bond donors (Lipinski definition) is 1. The minimum Gasteiger partial charge on any atom is -0.478 e. The van der Waals surface area contributed by atoms with Crippen molar-refractivity contribution in [1.29, 1.82) is 0 Å². The lowest BCUT2D eigenvalue weighted by Crippen LogP contribution is -2.07. The zero-order valence-electron chi connectivity index (χ0n) is 10.0. The largest absolute Gasteiger partial charge is 0.478 e. The molecule has 0 unspecified atom stereocenters. The van der Waals surface area contributed by atoms with E-state index in [0.717, 1.165) is 0 Å². The normalized spacial score (nSPS) is 11.4. The van der Waals surface area contributed by atoms with E-state index >= 15 is 0 Å². The molecular weight excluding hydrogens is 270 g/mol. The molecule has 1 N–H and O–H groups in total. The minimum absolute atomic E-state index is 0.0219. The van der Waals surface area contributed by atoms with Crippen molar-refractivity contribution >= 4 is 15.8 Å². The zero-order valence-corrected chi connectivity index (χ0v) is 10.8. The van der Waals surface area contributed by atoms with Crippen molar-refractivity contribution in [2.24, 2.45) is 0 Å². The van der Waals surface area contributed by atoms with Gasteiger partial charge in [0.25, 0.3) is 0 Å². The number of carboxylic acids is 1. The van der Waals surface area contributed by atoms with Gasteiger partial charge in [-0.15, -0.1) is 0 Å². The molecule has 100 valence electrons. The molecule has 0 radical (unpaired) electrons. The molecule has 0 spiro atoms. The molecule has 1 aromatic heterocycles. The number of rotatable bonds is 4. The van der Waals surface area contributed by atoms with E-state index in [1.54, 1.807) is 6.92 Å². The van der Waals surface area contributed by atoms with E-state index < -0.39 is 15.8 Å². The van der Waals surface area contributed by atoms with Gasteiger partial charge in [0.2, 0.25) is 0 Å². The lowest BCUT2D eigenvalue weighted by molar-refractivity contribution is 0.0696. The van der Waals surface area contributed by atoms with Crippen molar-refractivity contribution in [2.45, 2.75) is 17.6 Å². The highest BCUT2D eigenvalue weighted by Gasteiger charge is 2.19. The highest BCUT2D eigenvalue weighted by Crippen LogP contribution is 2.19. The van der Waals surface area contributed by atoms with Gasteiger partial charge in [0, 0.05) is 5.56 Å². The molecular formula is C12H11NO5S. The van der Waals surface area contributed by atoms with Crippen LogP contribution in [0.25, 0.3) is 0 Å². The number of aromatic carboxylic acids is 1. The molecule has 0 bridgehead atoms. The fourth-order valence-corrected chi connectivity index (χ4v) is 2.95. The standard InChI is InChI=1S/C12H11NO5S/c1-8-2-3-10(4-11(8)12(14)15)19(16,17)7-9-5-13-18-6-9/h2-6H,7H2,1H3,(H,14,15). The molecule has 6 nitrogen and oxygen atoms in total. The Balaban J connectivity index is 2.41. The fraction of sp³-hybridized carbons (Fsp3) is 0.167. The fourth-order valence-electron chi connectivity index (χ4n) is 1.63. The summed E-state index contributed by atoms with van der Waals surface area (Å²) < 4.78 is 28.8. The number of sulfone groups is 1. The summed E-state index contributed by atoms with van der Waals surface area (Å²) in [6, 6.07) is 4.04. The van der Waals surface area contributed by atoms with Crippen LogP contribution in [0.4, 0.5) is 0 Å².